The third kappa shape index (κ3) is 2.31. The van der Waals surface area contributed by atoms with Crippen molar-refractivity contribution in [3.63, 3.8) is 0 Å². The van der Waals surface area contributed by atoms with E-state index in [2.05, 4.69) is 10.6 Å². The van der Waals surface area contributed by atoms with E-state index in [1.165, 1.54) is 0 Å². The molecule has 1 atom stereocenters. The predicted octanol–water partition coefficient (Wildman–Crippen LogP) is 0.386. The van der Waals surface area contributed by atoms with Gasteiger partial charge in [-0.05, 0) is 20.2 Å². The van der Waals surface area contributed by atoms with Crippen LogP contribution in [0, 0.1) is 0 Å². The van der Waals surface area contributed by atoms with Gasteiger partial charge in [0.15, 0.2) is 6.29 Å². The molecular weight excluding hydrogens is 296 g/mol. The van der Waals surface area contributed by atoms with Crippen LogP contribution in [0.1, 0.15) is 10.4 Å². The van der Waals surface area contributed by atoms with E-state index in [-0.39, 0.29) is 5.91 Å². The van der Waals surface area contributed by atoms with Gasteiger partial charge < -0.3 is 15.2 Å². The molecule has 0 saturated carbocycles. The van der Waals surface area contributed by atoms with Crippen molar-refractivity contribution >= 4 is 35.2 Å². The van der Waals surface area contributed by atoms with E-state index >= 15 is 0 Å². The van der Waals surface area contributed by atoms with Crippen molar-refractivity contribution in [1.29, 1.82) is 0 Å². The van der Waals surface area contributed by atoms with Gasteiger partial charge in [-0.2, -0.15) is 0 Å². The Morgan fingerprint density at radius 2 is 2.00 bits per heavy atom. The van der Waals surface area contributed by atoms with E-state index in [4.69, 9.17) is 0 Å². The minimum absolute atomic E-state index is 0.306. The second-order valence-corrected chi connectivity index (χ2v) is 5.45. The number of carbonyl (C=O) groups is 3. The monoisotopic (exact) mass is 312 g/mol. The number of likely N-dealkylation sites (N-methyl/N-ethyl adjacent to an activating group) is 1. The third-order valence-corrected chi connectivity index (χ3v) is 3.85. The lowest BCUT2D eigenvalue weighted by Crippen LogP contribution is -2.43. The summed E-state index contributed by atoms with van der Waals surface area (Å²) < 4.78 is 1.64. The molecule has 1 aliphatic rings. The largest absolute Gasteiger partial charge is 0.330 e. The van der Waals surface area contributed by atoms with Crippen LogP contribution in [0.2, 0.25) is 0 Å². The third-order valence-electron chi connectivity index (χ3n) is 3.85. The summed E-state index contributed by atoms with van der Waals surface area (Å²) in [5, 5.41) is 6.17. The smallest absolute Gasteiger partial charge is 0.271 e. The SMILES string of the molecule is CN(C)C1NC(=O)C(n2cc(C=O)c3ccccc32)=C1NC=O. The maximum absolute atomic E-state index is 12.5. The average molecular weight is 312 g/mol. The molecule has 0 bridgehead atoms. The van der Waals surface area contributed by atoms with Crippen molar-refractivity contribution in [2.24, 2.45) is 0 Å². The van der Waals surface area contributed by atoms with E-state index in [0.29, 0.717) is 23.4 Å². The van der Waals surface area contributed by atoms with Crippen LogP contribution in [0.5, 0.6) is 0 Å². The molecule has 2 aromatic rings. The number of nitrogens with zero attached hydrogens (tertiary/aromatic N) is 2. The molecule has 1 aliphatic heterocycles. The van der Waals surface area contributed by atoms with Gasteiger partial charge in [-0.25, -0.2) is 0 Å². The van der Waals surface area contributed by atoms with Gasteiger partial charge >= 0.3 is 0 Å². The van der Waals surface area contributed by atoms with Gasteiger partial charge in [0, 0.05) is 17.1 Å². The first kappa shape index (κ1) is 15.0. The van der Waals surface area contributed by atoms with Crippen LogP contribution in [0.3, 0.4) is 0 Å². The molecule has 2 heterocycles. The standard InChI is InChI=1S/C16H16N4O3/c1-19(2)15-13(17-9-22)14(16(23)18-15)20-7-10(8-21)11-5-3-4-6-12(11)20/h3-9,15H,1-2H3,(H,17,22)(H,18,23). The van der Waals surface area contributed by atoms with Gasteiger partial charge in [0.05, 0.1) is 11.2 Å². The van der Waals surface area contributed by atoms with Gasteiger partial charge in [0.25, 0.3) is 5.91 Å². The van der Waals surface area contributed by atoms with E-state index in [9.17, 15) is 14.4 Å². The van der Waals surface area contributed by atoms with E-state index < -0.39 is 6.17 Å². The minimum atomic E-state index is -0.441. The van der Waals surface area contributed by atoms with Crippen molar-refractivity contribution in [3.05, 3.63) is 41.7 Å². The Morgan fingerprint density at radius 1 is 1.26 bits per heavy atom. The Morgan fingerprint density at radius 3 is 2.65 bits per heavy atom. The number of fused-ring (bicyclic) bond motifs is 1. The number of para-hydroxylation sites is 1. The van der Waals surface area contributed by atoms with Gasteiger partial charge in [-0.3, -0.25) is 19.3 Å². The molecule has 2 amide bonds. The molecule has 1 aromatic carbocycles. The van der Waals surface area contributed by atoms with E-state index in [1.807, 2.05) is 24.3 Å². The van der Waals surface area contributed by atoms with Gasteiger partial charge in [-0.1, -0.05) is 18.2 Å². The lowest BCUT2D eigenvalue weighted by molar-refractivity contribution is -0.116. The first-order valence-corrected chi connectivity index (χ1v) is 7.05. The number of benzene rings is 1. The molecule has 7 nitrogen and oxygen atoms in total. The molecule has 0 spiro atoms. The molecule has 118 valence electrons. The van der Waals surface area contributed by atoms with Crippen LogP contribution < -0.4 is 10.6 Å². The van der Waals surface area contributed by atoms with Gasteiger partial charge in [-0.15, -0.1) is 0 Å². The number of hydrogen-bond donors (Lipinski definition) is 2. The lowest BCUT2D eigenvalue weighted by atomic mass is 10.2. The second-order valence-electron chi connectivity index (χ2n) is 5.45. The summed E-state index contributed by atoms with van der Waals surface area (Å²) in [5.74, 6) is -0.314. The average Bonchev–Trinajstić information content (AvgIpc) is 3.06. The van der Waals surface area contributed by atoms with E-state index in [1.54, 1.807) is 29.8 Å². The van der Waals surface area contributed by atoms with Crippen LogP contribution >= 0.6 is 0 Å². The van der Waals surface area contributed by atoms with Crippen LogP contribution in [-0.4, -0.2) is 48.3 Å². The molecule has 0 saturated heterocycles. The molecule has 1 aromatic heterocycles. The minimum Gasteiger partial charge on any atom is -0.330 e. The first-order chi connectivity index (χ1) is 11.1. The Balaban J connectivity index is 2.28. The molecule has 0 fully saturated rings. The summed E-state index contributed by atoms with van der Waals surface area (Å²) in [5.41, 5.74) is 1.97. The highest BCUT2D eigenvalue weighted by Gasteiger charge is 2.35. The van der Waals surface area contributed by atoms with Gasteiger partial charge in [0.2, 0.25) is 6.41 Å². The molecule has 2 N–H and O–H groups in total. The maximum Gasteiger partial charge on any atom is 0.271 e. The van der Waals surface area contributed by atoms with Crippen LogP contribution in [0.4, 0.5) is 0 Å². The number of aldehydes is 1. The second kappa shape index (κ2) is 5.69. The van der Waals surface area contributed by atoms with Crippen LogP contribution in [-0.2, 0) is 9.59 Å². The van der Waals surface area contributed by atoms with Crippen molar-refractivity contribution < 1.29 is 14.4 Å². The predicted molar refractivity (Wildman–Crippen MR) is 85.4 cm³/mol. The number of rotatable bonds is 5. The highest BCUT2D eigenvalue weighted by Crippen LogP contribution is 2.28. The van der Waals surface area contributed by atoms with Crippen molar-refractivity contribution in [2.45, 2.75) is 6.17 Å². The summed E-state index contributed by atoms with van der Waals surface area (Å²) in [6.07, 6.45) is 2.46. The fraction of sp³-hybridized carbons (Fsp3) is 0.188. The summed E-state index contributed by atoms with van der Waals surface area (Å²) >= 11 is 0. The zero-order valence-electron chi connectivity index (χ0n) is 12.7. The normalized spacial score (nSPS) is 17.7. The molecule has 7 heteroatoms. The van der Waals surface area contributed by atoms with Crippen LogP contribution in [0.25, 0.3) is 16.6 Å². The Bertz CT molecular complexity index is 835. The van der Waals surface area contributed by atoms with Crippen LogP contribution in [0.15, 0.2) is 36.2 Å². The summed E-state index contributed by atoms with van der Waals surface area (Å²) in [7, 11) is 3.59. The number of nitrogens with one attached hydrogen (secondary N) is 2. The maximum atomic E-state index is 12.5. The molecule has 23 heavy (non-hydrogen) atoms. The molecule has 0 radical (unpaired) electrons. The summed E-state index contributed by atoms with van der Waals surface area (Å²) in [6.45, 7) is 0. The highest BCUT2D eigenvalue weighted by atomic mass is 16.2. The Kier molecular flexibility index (Phi) is 3.71. The topological polar surface area (TPSA) is 83.4 Å². The quantitative estimate of drug-likeness (QED) is 0.782. The molecule has 1 unspecified atom stereocenters. The fourth-order valence-corrected chi connectivity index (χ4v) is 2.84. The zero-order valence-corrected chi connectivity index (χ0v) is 12.7. The number of hydrogen-bond acceptors (Lipinski definition) is 4. The Hall–Kier alpha value is -2.93. The fourth-order valence-electron chi connectivity index (χ4n) is 2.84. The number of aromatic nitrogens is 1. The highest BCUT2D eigenvalue weighted by molar-refractivity contribution is 6.19. The van der Waals surface area contributed by atoms with Crippen molar-refractivity contribution in [2.75, 3.05) is 14.1 Å². The molecule has 3 rings (SSSR count). The zero-order chi connectivity index (χ0) is 16.6. The first-order valence-electron chi connectivity index (χ1n) is 7.05. The van der Waals surface area contributed by atoms with Crippen molar-refractivity contribution in [3.8, 4) is 0 Å². The number of carbonyl (C=O) groups excluding carboxylic acids is 3. The molecule has 0 aliphatic carbocycles. The Labute approximate surface area is 132 Å². The lowest BCUT2D eigenvalue weighted by Gasteiger charge is -2.21. The van der Waals surface area contributed by atoms with Crippen molar-refractivity contribution in [1.82, 2.24) is 20.1 Å². The van der Waals surface area contributed by atoms with E-state index in [0.717, 1.165) is 17.2 Å². The number of amides is 2. The summed E-state index contributed by atoms with van der Waals surface area (Å²) in [4.78, 5) is 36.5. The van der Waals surface area contributed by atoms with Gasteiger partial charge in [0.1, 0.15) is 11.9 Å². The summed E-state index contributed by atoms with van der Waals surface area (Å²) in [6, 6.07) is 7.30. The molecular formula is C16H16N4O3.